The first kappa shape index (κ1) is 16.8. The standard InChI is InChI=1S/C16H27NO3/c1-11(2)12(3)17-13(4)14-6-7-15(20-9-8-18)16(10-14)19-5/h6-7,10-13,17-18H,8-9H2,1-5H3. The second-order valence-electron chi connectivity index (χ2n) is 5.40. The zero-order chi connectivity index (χ0) is 15.1. The number of benzene rings is 1. The summed E-state index contributed by atoms with van der Waals surface area (Å²) in [5, 5.41) is 12.4. The van der Waals surface area contributed by atoms with Gasteiger partial charge in [0.05, 0.1) is 13.7 Å². The first-order valence-corrected chi connectivity index (χ1v) is 7.17. The Labute approximate surface area is 122 Å². The zero-order valence-electron chi connectivity index (χ0n) is 13.1. The van der Waals surface area contributed by atoms with E-state index in [1.54, 1.807) is 7.11 Å². The molecule has 0 aromatic heterocycles. The Morgan fingerprint density at radius 2 is 1.85 bits per heavy atom. The smallest absolute Gasteiger partial charge is 0.161 e. The topological polar surface area (TPSA) is 50.7 Å². The van der Waals surface area contributed by atoms with Gasteiger partial charge in [0.15, 0.2) is 11.5 Å². The molecular formula is C16H27NO3. The zero-order valence-corrected chi connectivity index (χ0v) is 13.1. The molecule has 1 aromatic carbocycles. The van der Waals surface area contributed by atoms with Gasteiger partial charge in [0.1, 0.15) is 6.61 Å². The summed E-state index contributed by atoms with van der Waals surface area (Å²) in [6, 6.07) is 6.59. The van der Waals surface area contributed by atoms with Crippen molar-refractivity contribution in [3.8, 4) is 11.5 Å². The SMILES string of the molecule is COc1cc(C(C)NC(C)C(C)C)ccc1OCCO. The van der Waals surface area contributed by atoms with Crippen LogP contribution in [-0.2, 0) is 0 Å². The van der Waals surface area contributed by atoms with Crippen molar-refractivity contribution in [2.24, 2.45) is 5.92 Å². The summed E-state index contributed by atoms with van der Waals surface area (Å²) in [6.07, 6.45) is 0. The van der Waals surface area contributed by atoms with Crippen LogP contribution in [0.2, 0.25) is 0 Å². The van der Waals surface area contributed by atoms with E-state index in [0.717, 1.165) is 5.56 Å². The number of ether oxygens (including phenoxy) is 2. The molecule has 4 heteroatoms. The summed E-state index contributed by atoms with van der Waals surface area (Å²) in [7, 11) is 1.62. The minimum Gasteiger partial charge on any atom is -0.493 e. The number of aliphatic hydroxyl groups excluding tert-OH is 1. The molecule has 2 atom stereocenters. The van der Waals surface area contributed by atoms with E-state index < -0.39 is 0 Å². The van der Waals surface area contributed by atoms with Gasteiger partial charge < -0.3 is 19.9 Å². The largest absolute Gasteiger partial charge is 0.493 e. The minimum atomic E-state index is -0.00519. The summed E-state index contributed by atoms with van der Waals surface area (Å²) in [5.41, 5.74) is 1.16. The Morgan fingerprint density at radius 1 is 1.15 bits per heavy atom. The summed E-state index contributed by atoms with van der Waals surface area (Å²) in [5.74, 6) is 1.95. The van der Waals surface area contributed by atoms with Crippen molar-refractivity contribution in [1.82, 2.24) is 5.32 Å². The number of hydrogen-bond acceptors (Lipinski definition) is 4. The van der Waals surface area contributed by atoms with Gasteiger partial charge in [-0.1, -0.05) is 19.9 Å². The maximum Gasteiger partial charge on any atom is 0.161 e. The van der Waals surface area contributed by atoms with E-state index in [0.29, 0.717) is 23.5 Å². The van der Waals surface area contributed by atoms with Crippen LogP contribution in [0.25, 0.3) is 0 Å². The van der Waals surface area contributed by atoms with Gasteiger partial charge in [0.2, 0.25) is 0 Å². The maximum absolute atomic E-state index is 8.81. The molecule has 0 heterocycles. The molecule has 0 bridgehead atoms. The number of nitrogens with one attached hydrogen (secondary N) is 1. The van der Waals surface area contributed by atoms with Crippen molar-refractivity contribution in [2.45, 2.75) is 39.8 Å². The molecule has 0 amide bonds. The lowest BCUT2D eigenvalue weighted by Crippen LogP contribution is -2.32. The van der Waals surface area contributed by atoms with Gasteiger partial charge in [0, 0.05) is 12.1 Å². The van der Waals surface area contributed by atoms with E-state index >= 15 is 0 Å². The third kappa shape index (κ3) is 4.69. The van der Waals surface area contributed by atoms with Gasteiger partial charge in [-0.2, -0.15) is 0 Å². The molecule has 2 N–H and O–H groups in total. The van der Waals surface area contributed by atoms with Crippen LogP contribution in [0.5, 0.6) is 11.5 Å². The average Bonchev–Trinajstić information content (AvgIpc) is 2.44. The van der Waals surface area contributed by atoms with Crippen molar-refractivity contribution >= 4 is 0 Å². The van der Waals surface area contributed by atoms with Crippen molar-refractivity contribution in [3.63, 3.8) is 0 Å². The molecule has 1 rings (SSSR count). The van der Waals surface area contributed by atoms with E-state index in [4.69, 9.17) is 14.6 Å². The van der Waals surface area contributed by atoms with E-state index in [2.05, 4.69) is 33.0 Å². The fourth-order valence-electron chi connectivity index (χ4n) is 1.91. The van der Waals surface area contributed by atoms with Crippen molar-refractivity contribution < 1.29 is 14.6 Å². The number of aliphatic hydroxyl groups is 1. The molecule has 0 aliphatic rings. The second-order valence-corrected chi connectivity index (χ2v) is 5.40. The molecule has 2 unspecified atom stereocenters. The molecule has 4 nitrogen and oxygen atoms in total. The maximum atomic E-state index is 8.81. The summed E-state index contributed by atoms with van der Waals surface area (Å²) in [4.78, 5) is 0. The highest BCUT2D eigenvalue weighted by atomic mass is 16.5. The van der Waals surface area contributed by atoms with Crippen LogP contribution in [0.1, 0.15) is 39.3 Å². The Hall–Kier alpha value is -1.26. The monoisotopic (exact) mass is 281 g/mol. The van der Waals surface area contributed by atoms with Gasteiger partial charge in [-0.25, -0.2) is 0 Å². The second kappa shape index (κ2) is 8.12. The van der Waals surface area contributed by atoms with Gasteiger partial charge in [0.25, 0.3) is 0 Å². The third-order valence-corrected chi connectivity index (χ3v) is 3.55. The van der Waals surface area contributed by atoms with Gasteiger partial charge in [-0.05, 0) is 37.5 Å². The Bertz CT molecular complexity index is 407. The van der Waals surface area contributed by atoms with E-state index in [9.17, 15) is 0 Å². The lowest BCUT2D eigenvalue weighted by Gasteiger charge is -2.24. The molecule has 0 fully saturated rings. The van der Waals surface area contributed by atoms with Crippen molar-refractivity contribution in [1.29, 1.82) is 0 Å². The number of hydrogen-bond donors (Lipinski definition) is 2. The van der Waals surface area contributed by atoms with Gasteiger partial charge in [-0.15, -0.1) is 0 Å². The number of rotatable bonds is 8. The first-order chi connectivity index (χ1) is 9.49. The molecule has 0 spiro atoms. The predicted octanol–water partition coefficient (Wildman–Crippen LogP) is 2.76. The molecule has 114 valence electrons. The molecule has 0 aliphatic carbocycles. The van der Waals surface area contributed by atoms with E-state index in [1.807, 2.05) is 18.2 Å². The molecule has 0 aliphatic heterocycles. The van der Waals surface area contributed by atoms with E-state index in [-0.39, 0.29) is 19.3 Å². The highest BCUT2D eigenvalue weighted by molar-refractivity contribution is 5.43. The molecule has 1 aromatic rings. The van der Waals surface area contributed by atoms with Crippen molar-refractivity contribution in [2.75, 3.05) is 20.3 Å². The highest BCUT2D eigenvalue weighted by Crippen LogP contribution is 2.30. The number of methoxy groups -OCH3 is 1. The highest BCUT2D eigenvalue weighted by Gasteiger charge is 2.14. The van der Waals surface area contributed by atoms with Crippen LogP contribution in [0.4, 0.5) is 0 Å². The molecular weight excluding hydrogens is 254 g/mol. The van der Waals surface area contributed by atoms with Gasteiger partial charge >= 0.3 is 0 Å². The lowest BCUT2D eigenvalue weighted by molar-refractivity contribution is 0.196. The predicted molar refractivity (Wildman–Crippen MR) is 81.4 cm³/mol. The van der Waals surface area contributed by atoms with Crippen LogP contribution in [0.3, 0.4) is 0 Å². The Morgan fingerprint density at radius 3 is 2.40 bits per heavy atom. The van der Waals surface area contributed by atoms with Crippen LogP contribution < -0.4 is 14.8 Å². The lowest BCUT2D eigenvalue weighted by atomic mass is 10.0. The van der Waals surface area contributed by atoms with Crippen LogP contribution in [-0.4, -0.2) is 31.5 Å². The van der Waals surface area contributed by atoms with Crippen LogP contribution in [0, 0.1) is 5.92 Å². The van der Waals surface area contributed by atoms with Crippen molar-refractivity contribution in [3.05, 3.63) is 23.8 Å². The van der Waals surface area contributed by atoms with Crippen LogP contribution in [0.15, 0.2) is 18.2 Å². The fraction of sp³-hybridized carbons (Fsp3) is 0.625. The summed E-state index contributed by atoms with van der Waals surface area (Å²) in [6.45, 7) is 9.01. The Balaban J connectivity index is 2.80. The normalized spacial score (nSPS) is 14.2. The summed E-state index contributed by atoms with van der Waals surface area (Å²) < 4.78 is 10.8. The quantitative estimate of drug-likeness (QED) is 0.769. The minimum absolute atomic E-state index is 0.00519. The molecule has 20 heavy (non-hydrogen) atoms. The average molecular weight is 281 g/mol. The molecule has 0 radical (unpaired) electrons. The first-order valence-electron chi connectivity index (χ1n) is 7.17. The van der Waals surface area contributed by atoms with E-state index in [1.165, 1.54) is 0 Å². The molecule has 0 saturated carbocycles. The van der Waals surface area contributed by atoms with Crippen LogP contribution >= 0.6 is 0 Å². The fourth-order valence-corrected chi connectivity index (χ4v) is 1.91. The molecule has 0 saturated heterocycles. The van der Waals surface area contributed by atoms with Gasteiger partial charge in [-0.3, -0.25) is 0 Å². The third-order valence-electron chi connectivity index (χ3n) is 3.55. The summed E-state index contributed by atoms with van der Waals surface area (Å²) >= 11 is 0. The Kier molecular flexibility index (Phi) is 6.82.